The Morgan fingerprint density at radius 3 is 1.91 bits per heavy atom. The van der Waals surface area contributed by atoms with Crippen LogP contribution in [-0.4, -0.2) is 22.6 Å². The van der Waals surface area contributed by atoms with Crippen LogP contribution in [0.3, 0.4) is 0 Å². The van der Waals surface area contributed by atoms with Gasteiger partial charge in [0.15, 0.2) is 0 Å². The summed E-state index contributed by atoms with van der Waals surface area (Å²) in [7, 11) is 0. The van der Waals surface area contributed by atoms with Gasteiger partial charge >= 0.3 is 0 Å². The summed E-state index contributed by atoms with van der Waals surface area (Å²) in [5.41, 5.74) is 0.133. The fourth-order valence-corrected chi connectivity index (χ4v) is 3.73. The van der Waals surface area contributed by atoms with Crippen molar-refractivity contribution in [2.24, 2.45) is 5.41 Å². The summed E-state index contributed by atoms with van der Waals surface area (Å²) in [6, 6.07) is 0. The van der Waals surface area contributed by atoms with Crippen LogP contribution in [0.1, 0.15) is 0 Å². The molecule has 0 bridgehead atoms. The molecule has 0 rings (SSSR count). The fraction of sp³-hybridized carbons (Fsp3) is 0.714. The molecule has 0 atom stereocenters. The van der Waals surface area contributed by atoms with Gasteiger partial charge in [0.2, 0.25) is 0 Å². The SMILES string of the molecule is C=COCC(CBr)(CBr)CBr. The lowest BCUT2D eigenvalue weighted by molar-refractivity contribution is 0.165. The number of hydrogen-bond acceptors (Lipinski definition) is 1. The van der Waals surface area contributed by atoms with Gasteiger partial charge in [0.1, 0.15) is 0 Å². The Kier molecular flexibility index (Phi) is 7.07. The monoisotopic (exact) mass is 348 g/mol. The van der Waals surface area contributed by atoms with Crippen LogP contribution in [0, 0.1) is 5.41 Å². The number of rotatable bonds is 6. The zero-order valence-corrected chi connectivity index (χ0v) is 10.9. The number of hydrogen-bond donors (Lipinski definition) is 0. The minimum absolute atomic E-state index is 0.133. The van der Waals surface area contributed by atoms with Crippen molar-refractivity contribution in [1.29, 1.82) is 0 Å². The highest BCUT2D eigenvalue weighted by atomic mass is 79.9. The van der Waals surface area contributed by atoms with E-state index in [0.29, 0.717) is 6.61 Å². The van der Waals surface area contributed by atoms with E-state index in [2.05, 4.69) is 54.4 Å². The third kappa shape index (κ3) is 3.95. The minimum Gasteiger partial charge on any atom is -0.501 e. The molecule has 0 amide bonds. The van der Waals surface area contributed by atoms with Gasteiger partial charge in [-0.05, 0) is 0 Å². The van der Waals surface area contributed by atoms with Crippen LogP contribution >= 0.6 is 47.8 Å². The largest absolute Gasteiger partial charge is 0.501 e. The highest BCUT2D eigenvalue weighted by Crippen LogP contribution is 2.26. The molecule has 0 heterocycles. The lowest BCUT2D eigenvalue weighted by Gasteiger charge is -2.26. The Balaban J connectivity index is 3.93. The van der Waals surface area contributed by atoms with Crippen molar-refractivity contribution in [3.63, 3.8) is 0 Å². The first-order chi connectivity index (χ1) is 5.24. The van der Waals surface area contributed by atoms with E-state index in [1.165, 1.54) is 6.26 Å². The van der Waals surface area contributed by atoms with E-state index in [1.54, 1.807) is 0 Å². The van der Waals surface area contributed by atoms with Crippen LogP contribution < -0.4 is 0 Å². The first-order valence-corrected chi connectivity index (χ1v) is 6.51. The quantitative estimate of drug-likeness (QED) is 0.527. The van der Waals surface area contributed by atoms with Crippen LogP contribution in [0.4, 0.5) is 0 Å². The Morgan fingerprint density at radius 2 is 1.64 bits per heavy atom. The van der Waals surface area contributed by atoms with Gasteiger partial charge in [-0.25, -0.2) is 0 Å². The van der Waals surface area contributed by atoms with E-state index < -0.39 is 0 Å². The number of ether oxygens (including phenoxy) is 1. The summed E-state index contributed by atoms with van der Waals surface area (Å²) in [4.78, 5) is 0. The van der Waals surface area contributed by atoms with E-state index in [-0.39, 0.29) is 5.41 Å². The number of halogens is 3. The summed E-state index contributed by atoms with van der Waals surface area (Å²) in [6.07, 6.45) is 1.47. The zero-order chi connectivity index (χ0) is 8.74. The van der Waals surface area contributed by atoms with Crippen molar-refractivity contribution in [2.75, 3.05) is 22.6 Å². The van der Waals surface area contributed by atoms with Gasteiger partial charge in [-0.1, -0.05) is 54.4 Å². The second-order valence-corrected chi connectivity index (χ2v) is 4.06. The lowest BCUT2D eigenvalue weighted by Crippen LogP contribution is -2.31. The molecule has 0 aromatic rings. The first kappa shape index (κ1) is 12.0. The maximum atomic E-state index is 5.15. The average molecular weight is 351 g/mol. The van der Waals surface area contributed by atoms with Crippen LogP contribution in [0.2, 0.25) is 0 Å². The van der Waals surface area contributed by atoms with E-state index in [1.807, 2.05) is 0 Å². The van der Waals surface area contributed by atoms with Gasteiger partial charge in [0.25, 0.3) is 0 Å². The van der Waals surface area contributed by atoms with Gasteiger partial charge in [0.05, 0.1) is 12.9 Å². The molecular weight excluding hydrogens is 340 g/mol. The molecular formula is C7H11Br3O. The van der Waals surface area contributed by atoms with Crippen LogP contribution in [0.5, 0.6) is 0 Å². The minimum atomic E-state index is 0.133. The molecule has 0 aromatic heterocycles. The molecule has 0 N–H and O–H groups in total. The van der Waals surface area contributed by atoms with Crippen molar-refractivity contribution in [1.82, 2.24) is 0 Å². The van der Waals surface area contributed by atoms with Gasteiger partial charge in [0, 0.05) is 21.4 Å². The molecule has 0 spiro atoms. The number of alkyl halides is 3. The molecule has 0 aromatic carbocycles. The van der Waals surface area contributed by atoms with E-state index in [0.717, 1.165) is 16.0 Å². The second kappa shape index (κ2) is 6.49. The summed E-state index contributed by atoms with van der Waals surface area (Å²) in [5, 5.41) is 2.72. The van der Waals surface area contributed by atoms with Crippen LogP contribution in [-0.2, 0) is 4.74 Å². The standard InChI is InChI=1S/C7H11Br3O/c1-2-11-6-7(3-8,4-9)5-10/h2H,1,3-6H2. The molecule has 11 heavy (non-hydrogen) atoms. The van der Waals surface area contributed by atoms with Crippen molar-refractivity contribution in [3.05, 3.63) is 12.8 Å². The smallest absolute Gasteiger partial charge is 0.0953 e. The van der Waals surface area contributed by atoms with Gasteiger partial charge in [-0.3, -0.25) is 0 Å². The highest BCUT2D eigenvalue weighted by Gasteiger charge is 2.27. The summed E-state index contributed by atoms with van der Waals surface area (Å²) in [6.45, 7) is 4.18. The zero-order valence-electron chi connectivity index (χ0n) is 6.16. The van der Waals surface area contributed by atoms with Crippen molar-refractivity contribution < 1.29 is 4.74 Å². The summed E-state index contributed by atoms with van der Waals surface area (Å²) >= 11 is 10.3. The Labute approximate surface area is 93.0 Å². The lowest BCUT2D eigenvalue weighted by atomic mass is 9.98. The summed E-state index contributed by atoms with van der Waals surface area (Å²) < 4.78 is 5.15. The van der Waals surface area contributed by atoms with Gasteiger partial charge < -0.3 is 4.74 Å². The molecule has 1 nitrogen and oxygen atoms in total. The predicted molar refractivity (Wildman–Crippen MR) is 60.0 cm³/mol. The second-order valence-electron chi connectivity index (χ2n) is 2.38. The van der Waals surface area contributed by atoms with Gasteiger partial charge in [-0.15, -0.1) is 0 Å². The first-order valence-electron chi connectivity index (χ1n) is 3.15. The molecule has 0 aliphatic carbocycles. The van der Waals surface area contributed by atoms with Crippen LogP contribution in [0.25, 0.3) is 0 Å². The molecule has 0 aliphatic rings. The van der Waals surface area contributed by atoms with Gasteiger partial charge in [-0.2, -0.15) is 0 Å². The molecule has 66 valence electrons. The normalized spacial score (nSPS) is 11.2. The van der Waals surface area contributed by atoms with Crippen molar-refractivity contribution in [2.45, 2.75) is 0 Å². The molecule has 0 aliphatic heterocycles. The van der Waals surface area contributed by atoms with Crippen molar-refractivity contribution >= 4 is 47.8 Å². The average Bonchev–Trinajstić information content (AvgIpc) is 2.08. The molecule has 0 fully saturated rings. The molecule has 0 saturated carbocycles. The third-order valence-corrected chi connectivity index (χ3v) is 4.93. The van der Waals surface area contributed by atoms with Crippen molar-refractivity contribution in [3.8, 4) is 0 Å². The maximum Gasteiger partial charge on any atom is 0.0953 e. The summed E-state index contributed by atoms with van der Waals surface area (Å²) in [5.74, 6) is 0. The Bertz CT molecular complexity index is 104. The van der Waals surface area contributed by atoms with E-state index in [4.69, 9.17) is 4.74 Å². The Hall–Kier alpha value is 0.980. The van der Waals surface area contributed by atoms with E-state index in [9.17, 15) is 0 Å². The fourth-order valence-electron chi connectivity index (χ4n) is 0.459. The highest BCUT2D eigenvalue weighted by molar-refractivity contribution is 9.10. The maximum absolute atomic E-state index is 5.15. The molecule has 0 saturated heterocycles. The van der Waals surface area contributed by atoms with E-state index >= 15 is 0 Å². The molecule has 0 radical (unpaired) electrons. The molecule has 4 heteroatoms. The Morgan fingerprint density at radius 1 is 1.18 bits per heavy atom. The topological polar surface area (TPSA) is 9.23 Å². The molecule has 0 unspecified atom stereocenters. The van der Waals surface area contributed by atoms with Crippen LogP contribution in [0.15, 0.2) is 12.8 Å². The predicted octanol–water partition coefficient (Wildman–Crippen LogP) is 3.32. The third-order valence-electron chi connectivity index (χ3n) is 1.36.